The van der Waals surface area contributed by atoms with E-state index in [4.69, 9.17) is 0 Å². The largest absolute Gasteiger partial charge is 0.345 e. The fourth-order valence-electron chi connectivity index (χ4n) is 2.68. The molecule has 0 fully saturated rings. The first-order valence-electron chi connectivity index (χ1n) is 6.68. The fourth-order valence-corrected chi connectivity index (χ4v) is 2.68. The van der Waals surface area contributed by atoms with Gasteiger partial charge in [-0.2, -0.15) is 0 Å². The lowest BCUT2D eigenvalue weighted by Gasteiger charge is -2.36. The number of benzene rings is 1. The molecule has 0 aliphatic carbocycles. The predicted octanol–water partition coefficient (Wildman–Crippen LogP) is 4.31. The number of aryl methyl sites for hydroxylation is 1. The van der Waals surface area contributed by atoms with Crippen LogP contribution in [0, 0.1) is 12.8 Å². The summed E-state index contributed by atoms with van der Waals surface area (Å²) in [4.78, 5) is 2.44. The van der Waals surface area contributed by atoms with E-state index in [1.165, 1.54) is 23.2 Å². The van der Waals surface area contributed by atoms with Gasteiger partial charge in [0.05, 0.1) is 0 Å². The predicted molar refractivity (Wildman–Crippen MR) is 75.4 cm³/mol. The van der Waals surface area contributed by atoms with Crippen molar-refractivity contribution in [3.8, 4) is 0 Å². The Kier molecular flexibility index (Phi) is 3.56. The van der Waals surface area contributed by atoms with E-state index in [0.29, 0.717) is 6.04 Å². The van der Waals surface area contributed by atoms with Gasteiger partial charge < -0.3 is 4.90 Å². The van der Waals surface area contributed by atoms with E-state index in [2.05, 4.69) is 63.1 Å². The second-order valence-electron chi connectivity index (χ2n) is 5.17. The molecular weight excluding hydrogens is 206 g/mol. The van der Waals surface area contributed by atoms with Crippen molar-refractivity contribution in [2.24, 2.45) is 5.92 Å². The summed E-state index contributed by atoms with van der Waals surface area (Å²) in [6, 6.07) is 7.23. The molecule has 0 bridgehead atoms. The normalized spacial score (nSPS) is 24.1. The second kappa shape index (κ2) is 4.95. The molecule has 0 radical (unpaired) electrons. The van der Waals surface area contributed by atoms with E-state index in [1.807, 2.05) is 0 Å². The van der Waals surface area contributed by atoms with Crippen LogP contribution in [0.2, 0.25) is 0 Å². The summed E-state index contributed by atoms with van der Waals surface area (Å²) >= 11 is 0. The Morgan fingerprint density at radius 3 is 2.76 bits per heavy atom. The summed E-state index contributed by atoms with van der Waals surface area (Å²) < 4.78 is 0. The van der Waals surface area contributed by atoms with Crippen molar-refractivity contribution < 1.29 is 0 Å². The van der Waals surface area contributed by atoms with Crippen LogP contribution in [0.5, 0.6) is 0 Å². The molecule has 1 aromatic rings. The zero-order valence-electron chi connectivity index (χ0n) is 11.4. The molecule has 1 aromatic carbocycles. The molecule has 0 N–H and O–H groups in total. The molecule has 2 unspecified atom stereocenters. The number of hydrogen-bond donors (Lipinski definition) is 0. The average molecular weight is 229 g/mol. The number of allylic oxidation sites excluding steroid dienone is 1. The van der Waals surface area contributed by atoms with Gasteiger partial charge in [-0.25, -0.2) is 0 Å². The van der Waals surface area contributed by atoms with Crippen LogP contribution in [-0.2, 0) is 6.42 Å². The Labute approximate surface area is 105 Å². The van der Waals surface area contributed by atoms with Crippen molar-refractivity contribution in [2.75, 3.05) is 4.90 Å². The SMILES string of the molecule is CCc1c(C)cccc1N1C=CCC(C)C1C. The highest BCUT2D eigenvalue weighted by molar-refractivity contribution is 5.59. The van der Waals surface area contributed by atoms with Gasteiger partial charge in [-0.3, -0.25) is 0 Å². The maximum absolute atomic E-state index is 2.44. The molecule has 17 heavy (non-hydrogen) atoms. The zero-order valence-corrected chi connectivity index (χ0v) is 11.4. The van der Waals surface area contributed by atoms with Crippen LogP contribution >= 0.6 is 0 Å². The van der Waals surface area contributed by atoms with Crippen molar-refractivity contribution in [1.82, 2.24) is 0 Å². The monoisotopic (exact) mass is 229 g/mol. The van der Waals surface area contributed by atoms with Crippen LogP contribution in [0.15, 0.2) is 30.5 Å². The second-order valence-corrected chi connectivity index (χ2v) is 5.17. The van der Waals surface area contributed by atoms with Gasteiger partial charge in [0.2, 0.25) is 0 Å². The third-order valence-electron chi connectivity index (χ3n) is 4.05. The summed E-state index contributed by atoms with van der Waals surface area (Å²) in [5.41, 5.74) is 4.28. The third-order valence-corrected chi connectivity index (χ3v) is 4.05. The molecule has 0 spiro atoms. The molecule has 0 aromatic heterocycles. The van der Waals surface area contributed by atoms with E-state index in [9.17, 15) is 0 Å². The summed E-state index contributed by atoms with van der Waals surface area (Å²) in [5.74, 6) is 0.727. The molecule has 0 amide bonds. The van der Waals surface area contributed by atoms with Gasteiger partial charge in [0.1, 0.15) is 0 Å². The Morgan fingerprint density at radius 2 is 2.06 bits per heavy atom. The van der Waals surface area contributed by atoms with Crippen LogP contribution in [0.3, 0.4) is 0 Å². The van der Waals surface area contributed by atoms with Gasteiger partial charge in [0.25, 0.3) is 0 Å². The minimum absolute atomic E-state index is 0.590. The Hall–Kier alpha value is -1.24. The molecule has 0 saturated carbocycles. The molecule has 1 aliphatic rings. The van der Waals surface area contributed by atoms with E-state index in [0.717, 1.165) is 12.3 Å². The summed E-state index contributed by atoms with van der Waals surface area (Å²) in [6.07, 6.45) is 6.86. The minimum Gasteiger partial charge on any atom is -0.345 e. The van der Waals surface area contributed by atoms with Crippen LogP contribution < -0.4 is 4.90 Å². The van der Waals surface area contributed by atoms with Gasteiger partial charge in [-0.15, -0.1) is 0 Å². The molecular formula is C16H23N. The molecule has 1 nitrogen and oxygen atoms in total. The standard InChI is InChI=1S/C16H23N/c1-5-15-13(3)8-6-10-16(15)17-11-7-9-12(2)14(17)4/h6-8,10-12,14H,5,9H2,1-4H3. The summed E-state index contributed by atoms with van der Waals surface area (Å²) in [6.45, 7) is 9.12. The van der Waals surface area contributed by atoms with E-state index in [1.54, 1.807) is 0 Å². The van der Waals surface area contributed by atoms with Crippen LogP contribution in [-0.4, -0.2) is 6.04 Å². The minimum atomic E-state index is 0.590. The smallest absolute Gasteiger partial charge is 0.0443 e. The highest BCUT2D eigenvalue weighted by Gasteiger charge is 2.23. The summed E-state index contributed by atoms with van der Waals surface area (Å²) in [7, 11) is 0. The Bertz CT molecular complexity index is 420. The molecule has 1 heteroatoms. The van der Waals surface area contributed by atoms with Gasteiger partial charge >= 0.3 is 0 Å². The fraction of sp³-hybridized carbons (Fsp3) is 0.500. The molecule has 1 aliphatic heterocycles. The van der Waals surface area contributed by atoms with Gasteiger partial charge in [-0.1, -0.05) is 32.1 Å². The number of rotatable bonds is 2. The molecule has 1 heterocycles. The molecule has 2 rings (SSSR count). The van der Waals surface area contributed by atoms with E-state index in [-0.39, 0.29) is 0 Å². The number of anilines is 1. The number of nitrogens with zero attached hydrogens (tertiary/aromatic N) is 1. The maximum Gasteiger partial charge on any atom is 0.0443 e. The van der Waals surface area contributed by atoms with Gasteiger partial charge in [0.15, 0.2) is 0 Å². The highest BCUT2D eigenvalue weighted by Crippen LogP contribution is 2.31. The quantitative estimate of drug-likeness (QED) is 0.730. The lowest BCUT2D eigenvalue weighted by atomic mass is 9.93. The van der Waals surface area contributed by atoms with Crippen molar-refractivity contribution in [2.45, 2.75) is 46.6 Å². The zero-order chi connectivity index (χ0) is 12.4. The molecule has 92 valence electrons. The first-order valence-corrected chi connectivity index (χ1v) is 6.68. The molecule has 0 saturated heterocycles. The summed E-state index contributed by atoms with van der Waals surface area (Å²) in [5, 5.41) is 0. The van der Waals surface area contributed by atoms with Crippen molar-refractivity contribution in [1.29, 1.82) is 0 Å². The van der Waals surface area contributed by atoms with Crippen molar-refractivity contribution in [3.05, 3.63) is 41.6 Å². The van der Waals surface area contributed by atoms with Crippen LogP contribution in [0.1, 0.15) is 38.3 Å². The van der Waals surface area contributed by atoms with Crippen molar-refractivity contribution >= 4 is 5.69 Å². The first kappa shape index (κ1) is 12.2. The lowest BCUT2D eigenvalue weighted by molar-refractivity contribution is 0.462. The van der Waals surface area contributed by atoms with Crippen LogP contribution in [0.4, 0.5) is 5.69 Å². The van der Waals surface area contributed by atoms with Crippen LogP contribution in [0.25, 0.3) is 0 Å². The lowest BCUT2D eigenvalue weighted by Crippen LogP contribution is -2.36. The Balaban J connectivity index is 2.43. The molecule has 2 atom stereocenters. The first-order chi connectivity index (χ1) is 8.15. The van der Waals surface area contributed by atoms with E-state index < -0.39 is 0 Å². The van der Waals surface area contributed by atoms with Gasteiger partial charge in [0, 0.05) is 17.9 Å². The topological polar surface area (TPSA) is 3.24 Å². The average Bonchev–Trinajstić information content (AvgIpc) is 2.32. The third kappa shape index (κ3) is 2.24. The highest BCUT2D eigenvalue weighted by atomic mass is 15.2. The Morgan fingerprint density at radius 1 is 1.29 bits per heavy atom. The van der Waals surface area contributed by atoms with Crippen molar-refractivity contribution in [3.63, 3.8) is 0 Å². The number of hydrogen-bond acceptors (Lipinski definition) is 1. The van der Waals surface area contributed by atoms with E-state index >= 15 is 0 Å². The van der Waals surface area contributed by atoms with Gasteiger partial charge in [-0.05, 0) is 49.8 Å². The maximum atomic E-state index is 2.44.